The van der Waals surface area contributed by atoms with Gasteiger partial charge in [0.2, 0.25) is 0 Å². The molecule has 3 rings (SSSR count). The molecule has 0 saturated carbocycles. The molecule has 2 N–H and O–H groups in total. The molecule has 2 amide bonds. The number of rotatable bonds is 3. The molecule has 0 unspecified atom stereocenters. The van der Waals surface area contributed by atoms with Gasteiger partial charge in [-0.2, -0.15) is 13.2 Å². The number of pyridine rings is 1. The normalized spacial score (nSPS) is 14.7. The Morgan fingerprint density at radius 1 is 1.27 bits per heavy atom. The van der Waals surface area contributed by atoms with Crippen molar-refractivity contribution in [1.29, 1.82) is 0 Å². The van der Waals surface area contributed by atoms with E-state index in [1.165, 1.54) is 6.92 Å². The van der Waals surface area contributed by atoms with Crippen molar-refractivity contribution >= 4 is 29.1 Å². The van der Waals surface area contributed by atoms with Gasteiger partial charge in [-0.05, 0) is 31.2 Å². The van der Waals surface area contributed by atoms with Crippen molar-refractivity contribution in [3.05, 3.63) is 52.7 Å². The summed E-state index contributed by atoms with van der Waals surface area (Å²) in [6.07, 6.45) is -4.42. The molecule has 0 aliphatic carbocycles. The van der Waals surface area contributed by atoms with Crippen LogP contribution >= 0.6 is 11.6 Å². The van der Waals surface area contributed by atoms with Crippen LogP contribution in [0.4, 0.5) is 29.5 Å². The third kappa shape index (κ3) is 4.19. The van der Waals surface area contributed by atoms with Crippen LogP contribution in [0.2, 0.25) is 5.02 Å². The van der Waals surface area contributed by atoms with Gasteiger partial charge in [0.15, 0.2) is 0 Å². The molecule has 0 radical (unpaired) electrons. The molecule has 1 aromatic heterocycles. The van der Waals surface area contributed by atoms with Crippen LogP contribution in [0, 0.1) is 6.92 Å². The number of aryl methyl sites for hydroxylation is 1. The first-order valence-corrected chi connectivity index (χ1v) is 8.23. The Labute approximate surface area is 153 Å². The number of hydrogen-bond acceptors (Lipinski definition) is 3. The van der Waals surface area contributed by atoms with Crippen molar-refractivity contribution in [2.75, 3.05) is 23.3 Å². The lowest BCUT2D eigenvalue weighted by Crippen LogP contribution is -2.60. The maximum Gasteiger partial charge on any atom is 0.416 e. The number of nitrogens with one attached hydrogen (secondary N) is 2. The van der Waals surface area contributed by atoms with E-state index in [9.17, 15) is 18.0 Å². The van der Waals surface area contributed by atoms with Crippen molar-refractivity contribution in [2.45, 2.75) is 19.1 Å². The predicted molar refractivity (Wildman–Crippen MR) is 93.6 cm³/mol. The minimum absolute atomic E-state index is 0.186. The Morgan fingerprint density at radius 3 is 2.62 bits per heavy atom. The second-order valence-electron chi connectivity index (χ2n) is 6.03. The summed E-state index contributed by atoms with van der Waals surface area (Å²) in [4.78, 5) is 17.8. The fourth-order valence-corrected chi connectivity index (χ4v) is 2.82. The summed E-state index contributed by atoms with van der Waals surface area (Å²) >= 11 is 5.97. The molecule has 1 aromatic carbocycles. The minimum atomic E-state index is -4.42. The maximum absolute atomic E-state index is 12.9. The van der Waals surface area contributed by atoms with Crippen LogP contribution in [0.3, 0.4) is 0 Å². The fourth-order valence-electron chi connectivity index (χ4n) is 2.64. The molecule has 9 heteroatoms. The van der Waals surface area contributed by atoms with Gasteiger partial charge in [-0.15, -0.1) is 0 Å². The highest BCUT2D eigenvalue weighted by molar-refractivity contribution is 6.33. The Bertz CT molecular complexity index is 822. The van der Waals surface area contributed by atoms with Gasteiger partial charge in [-0.25, -0.2) is 9.78 Å². The van der Waals surface area contributed by atoms with Crippen LogP contribution in [-0.2, 0) is 6.18 Å². The van der Waals surface area contributed by atoms with E-state index in [1.807, 2.05) is 0 Å². The first-order valence-electron chi connectivity index (χ1n) is 7.85. The molecular weight excluding hydrogens is 369 g/mol. The molecule has 5 nitrogen and oxygen atoms in total. The number of amides is 2. The molecule has 26 heavy (non-hydrogen) atoms. The summed E-state index contributed by atoms with van der Waals surface area (Å²) in [6, 6.07) is 8.25. The zero-order chi connectivity index (χ0) is 18.9. The molecule has 0 bridgehead atoms. The first-order chi connectivity index (χ1) is 12.2. The largest absolute Gasteiger partial charge is 0.416 e. The van der Waals surface area contributed by atoms with E-state index in [1.54, 1.807) is 29.2 Å². The molecule has 2 heterocycles. The van der Waals surface area contributed by atoms with E-state index in [0.29, 0.717) is 29.5 Å². The predicted octanol–water partition coefficient (Wildman–Crippen LogP) is 4.07. The number of para-hydroxylation sites is 1. The molecule has 0 atom stereocenters. The van der Waals surface area contributed by atoms with E-state index in [0.717, 1.165) is 12.1 Å². The van der Waals surface area contributed by atoms with Crippen LogP contribution < -0.4 is 15.5 Å². The average molecular weight is 385 g/mol. The molecule has 1 saturated heterocycles. The molecule has 1 aliphatic rings. The van der Waals surface area contributed by atoms with Gasteiger partial charge in [-0.1, -0.05) is 23.7 Å². The Morgan fingerprint density at radius 2 is 1.96 bits per heavy atom. The van der Waals surface area contributed by atoms with Crippen LogP contribution in [0.1, 0.15) is 11.3 Å². The number of halogens is 4. The van der Waals surface area contributed by atoms with Gasteiger partial charge >= 0.3 is 12.2 Å². The van der Waals surface area contributed by atoms with E-state index >= 15 is 0 Å². The zero-order valence-corrected chi connectivity index (χ0v) is 14.5. The number of urea groups is 1. The van der Waals surface area contributed by atoms with E-state index in [2.05, 4.69) is 15.6 Å². The van der Waals surface area contributed by atoms with Crippen molar-refractivity contribution in [3.63, 3.8) is 0 Å². The molecule has 1 aliphatic heterocycles. The number of carbonyl (C=O) groups is 1. The summed E-state index contributed by atoms with van der Waals surface area (Å²) in [5, 5.41) is 5.81. The molecule has 2 aromatic rings. The summed E-state index contributed by atoms with van der Waals surface area (Å²) in [6.45, 7) is 2.28. The van der Waals surface area contributed by atoms with Gasteiger partial charge in [-0.3, -0.25) is 0 Å². The number of carbonyl (C=O) groups excluding carboxylic acids is 1. The van der Waals surface area contributed by atoms with Crippen LogP contribution in [0.15, 0.2) is 36.4 Å². The highest BCUT2D eigenvalue weighted by Gasteiger charge is 2.34. The number of anilines is 2. The number of alkyl halides is 3. The zero-order valence-electron chi connectivity index (χ0n) is 13.8. The van der Waals surface area contributed by atoms with Crippen LogP contribution in [-0.4, -0.2) is 30.1 Å². The van der Waals surface area contributed by atoms with Crippen LogP contribution in [0.25, 0.3) is 0 Å². The number of hydrogen-bond donors (Lipinski definition) is 2. The number of benzene rings is 1. The molecule has 1 fully saturated rings. The lowest BCUT2D eigenvalue weighted by Gasteiger charge is -2.40. The number of nitrogens with zero attached hydrogens (tertiary/aromatic N) is 2. The second kappa shape index (κ2) is 7.03. The second-order valence-corrected chi connectivity index (χ2v) is 6.44. The third-order valence-corrected chi connectivity index (χ3v) is 4.26. The Kier molecular flexibility index (Phi) is 4.95. The van der Waals surface area contributed by atoms with E-state index in [4.69, 9.17) is 11.6 Å². The van der Waals surface area contributed by atoms with Crippen LogP contribution in [0.5, 0.6) is 0 Å². The first kappa shape index (κ1) is 18.3. The molecular formula is C17H16ClF3N4O. The highest BCUT2D eigenvalue weighted by Crippen LogP contribution is 2.32. The monoisotopic (exact) mass is 384 g/mol. The van der Waals surface area contributed by atoms with E-state index < -0.39 is 17.8 Å². The summed E-state index contributed by atoms with van der Waals surface area (Å²) in [7, 11) is 0. The SMILES string of the molecule is Cc1cc(C(F)(F)F)cc(N2CC(NC(=O)Nc3ccccc3Cl)C2)n1. The smallest absolute Gasteiger partial charge is 0.352 e. The van der Waals surface area contributed by atoms with Crippen molar-refractivity contribution in [3.8, 4) is 0 Å². The van der Waals surface area contributed by atoms with Gasteiger partial charge in [0, 0.05) is 18.8 Å². The highest BCUT2D eigenvalue weighted by atomic mass is 35.5. The molecule has 0 spiro atoms. The van der Waals surface area contributed by atoms with Gasteiger partial charge in [0.1, 0.15) is 5.82 Å². The lowest BCUT2D eigenvalue weighted by molar-refractivity contribution is -0.137. The number of aromatic nitrogens is 1. The van der Waals surface area contributed by atoms with E-state index in [-0.39, 0.29) is 11.9 Å². The maximum atomic E-state index is 12.9. The summed E-state index contributed by atoms with van der Waals surface area (Å²) in [5.74, 6) is 0.252. The Hall–Kier alpha value is -2.48. The standard InChI is InChI=1S/C17H16ClF3N4O/c1-10-6-11(17(19,20)21)7-15(22-10)25-8-12(9-25)23-16(26)24-14-5-3-2-4-13(14)18/h2-7,12H,8-9H2,1H3,(H2,23,24,26). The van der Waals surface area contributed by atoms with Crippen molar-refractivity contribution in [2.24, 2.45) is 0 Å². The molecule has 138 valence electrons. The average Bonchev–Trinajstić information content (AvgIpc) is 2.51. The van der Waals surface area contributed by atoms with Crippen molar-refractivity contribution in [1.82, 2.24) is 10.3 Å². The third-order valence-electron chi connectivity index (χ3n) is 3.93. The minimum Gasteiger partial charge on any atom is -0.352 e. The van der Waals surface area contributed by atoms with Crippen molar-refractivity contribution < 1.29 is 18.0 Å². The fraction of sp³-hybridized carbons (Fsp3) is 0.294. The van der Waals surface area contributed by atoms with Gasteiger partial charge < -0.3 is 15.5 Å². The summed E-state index contributed by atoms with van der Waals surface area (Å²) < 4.78 is 38.7. The summed E-state index contributed by atoms with van der Waals surface area (Å²) in [5.41, 5.74) is 0.0496. The Balaban J connectivity index is 1.57. The topological polar surface area (TPSA) is 57.3 Å². The van der Waals surface area contributed by atoms with Gasteiger partial charge in [0.05, 0.1) is 22.3 Å². The quantitative estimate of drug-likeness (QED) is 0.838. The lowest BCUT2D eigenvalue weighted by atomic mass is 10.1. The van der Waals surface area contributed by atoms with Gasteiger partial charge in [0.25, 0.3) is 0 Å².